The molecule has 2 atom stereocenters. The van der Waals surface area contributed by atoms with Crippen molar-refractivity contribution in [1.29, 1.82) is 0 Å². The van der Waals surface area contributed by atoms with Crippen molar-refractivity contribution in [3.8, 4) is 0 Å². The van der Waals surface area contributed by atoms with E-state index in [4.69, 9.17) is 0 Å². The number of piperidine rings is 1. The molecule has 1 aliphatic rings. The number of fused-ring (bicyclic) bond motifs is 1. The van der Waals surface area contributed by atoms with E-state index in [0.29, 0.717) is 12.2 Å². The molecule has 1 aromatic carbocycles. The number of hydrogen-bond acceptors (Lipinski definition) is 3. The van der Waals surface area contributed by atoms with E-state index in [1.807, 2.05) is 31.3 Å². The summed E-state index contributed by atoms with van der Waals surface area (Å²) in [7, 11) is 0. The summed E-state index contributed by atoms with van der Waals surface area (Å²) in [5, 5.41) is 1.15. The first-order valence-electron chi connectivity index (χ1n) is 6.81. The quantitative estimate of drug-likeness (QED) is 0.784. The lowest BCUT2D eigenvalue weighted by Gasteiger charge is -2.38. The zero-order valence-corrected chi connectivity index (χ0v) is 11.3. The number of carbonyl (C=O) groups is 1. The Morgan fingerprint density at radius 2 is 2.05 bits per heavy atom. The number of aromatic nitrogens is 1. The zero-order valence-electron chi connectivity index (χ0n) is 11.3. The van der Waals surface area contributed by atoms with Gasteiger partial charge in [-0.25, -0.2) is 0 Å². The summed E-state index contributed by atoms with van der Waals surface area (Å²) in [5.41, 5.74) is 2.13. The van der Waals surface area contributed by atoms with Gasteiger partial charge in [0.1, 0.15) is 5.78 Å². The summed E-state index contributed by atoms with van der Waals surface area (Å²) >= 11 is 0. The summed E-state index contributed by atoms with van der Waals surface area (Å²) in [6, 6.07) is 10.5. The molecule has 0 spiro atoms. The van der Waals surface area contributed by atoms with Crippen molar-refractivity contribution in [2.45, 2.75) is 26.3 Å². The van der Waals surface area contributed by atoms with E-state index < -0.39 is 0 Å². The number of nitrogens with zero attached hydrogens (tertiary/aromatic N) is 2. The molecular formula is C16H18N2O. The van der Waals surface area contributed by atoms with E-state index in [1.54, 1.807) is 0 Å². The molecule has 2 aromatic rings. The minimum atomic E-state index is 0.0974. The van der Waals surface area contributed by atoms with Gasteiger partial charge in [-0.05, 0) is 19.1 Å². The van der Waals surface area contributed by atoms with Crippen molar-refractivity contribution in [1.82, 2.24) is 4.98 Å². The van der Waals surface area contributed by atoms with Gasteiger partial charge >= 0.3 is 0 Å². The number of benzene rings is 1. The van der Waals surface area contributed by atoms with Crippen LogP contribution in [0.25, 0.3) is 10.9 Å². The molecule has 0 N–H and O–H groups in total. The SMILES string of the molecule is CC1C(=O)CCN(c2cnc3ccccc3c2)C1C. The Labute approximate surface area is 113 Å². The van der Waals surface area contributed by atoms with E-state index in [-0.39, 0.29) is 12.0 Å². The third-order valence-corrected chi connectivity index (χ3v) is 4.23. The van der Waals surface area contributed by atoms with E-state index in [1.165, 1.54) is 0 Å². The summed E-state index contributed by atoms with van der Waals surface area (Å²) < 4.78 is 0. The second-order valence-corrected chi connectivity index (χ2v) is 5.33. The number of Topliss-reactive ketones (excluding diaryl/α,β-unsaturated/α-hetero) is 1. The summed E-state index contributed by atoms with van der Waals surface area (Å²) in [4.78, 5) is 18.6. The Morgan fingerprint density at radius 1 is 1.26 bits per heavy atom. The molecule has 0 bridgehead atoms. The third kappa shape index (κ3) is 2.09. The summed E-state index contributed by atoms with van der Waals surface area (Å²) in [6.07, 6.45) is 2.56. The molecular weight excluding hydrogens is 236 g/mol. The summed E-state index contributed by atoms with van der Waals surface area (Å²) in [5.74, 6) is 0.470. The van der Waals surface area contributed by atoms with Gasteiger partial charge in [-0.15, -0.1) is 0 Å². The molecule has 1 aliphatic heterocycles. The molecule has 3 heteroatoms. The lowest BCUT2D eigenvalue weighted by atomic mass is 9.90. The molecule has 1 fully saturated rings. The molecule has 2 unspecified atom stereocenters. The van der Waals surface area contributed by atoms with Crippen LogP contribution in [-0.2, 0) is 4.79 Å². The van der Waals surface area contributed by atoms with E-state index in [2.05, 4.69) is 28.9 Å². The predicted molar refractivity (Wildman–Crippen MR) is 77.3 cm³/mol. The first-order valence-corrected chi connectivity index (χ1v) is 6.81. The van der Waals surface area contributed by atoms with Crippen molar-refractivity contribution < 1.29 is 4.79 Å². The number of pyridine rings is 1. The van der Waals surface area contributed by atoms with Crippen LogP contribution in [0.5, 0.6) is 0 Å². The van der Waals surface area contributed by atoms with Gasteiger partial charge < -0.3 is 4.90 Å². The van der Waals surface area contributed by atoms with Crippen molar-refractivity contribution in [3.05, 3.63) is 36.5 Å². The van der Waals surface area contributed by atoms with Crippen LogP contribution in [0.2, 0.25) is 0 Å². The fourth-order valence-electron chi connectivity index (χ4n) is 2.78. The van der Waals surface area contributed by atoms with Crippen molar-refractivity contribution >= 4 is 22.4 Å². The monoisotopic (exact) mass is 254 g/mol. The number of hydrogen-bond donors (Lipinski definition) is 0. The molecule has 1 saturated heterocycles. The second-order valence-electron chi connectivity index (χ2n) is 5.33. The van der Waals surface area contributed by atoms with Gasteiger partial charge in [-0.2, -0.15) is 0 Å². The number of para-hydroxylation sites is 1. The Hall–Kier alpha value is -1.90. The first kappa shape index (κ1) is 12.2. The maximum Gasteiger partial charge on any atom is 0.139 e. The molecule has 0 saturated carbocycles. The lowest BCUT2D eigenvalue weighted by Crippen LogP contribution is -2.47. The van der Waals surface area contributed by atoms with E-state index >= 15 is 0 Å². The molecule has 0 aliphatic carbocycles. The molecule has 98 valence electrons. The van der Waals surface area contributed by atoms with Gasteiger partial charge in [-0.1, -0.05) is 25.1 Å². The Balaban J connectivity index is 1.97. The van der Waals surface area contributed by atoms with Crippen molar-refractivity contribution in [2.24, 2.45) is 5.92 Å². The van der Waals surface area contributed by atoms with Gasteiger partial charge in [0.2, 0.25) is 0 Å². The van der Waals surface area contributed by atoms with Gasteiger partial charge in [-0.3, -0.25) is 9.78 Å². The van der Waals surface area contributed by atoms with Crippen molar-refractivity contribution in [3.63, 3.8) is 0 Å². The fourth-order valence-corrected chi connectivity index (χ4v) is 2.78. The summed E-state index contributed by atoms with van der Waals surface area (Å²) in [6.45, 7) is 4.94. The molecule has 0 amide bonds. The molecule has 1 aromatic heterocycles. The topological polar surface area (TPSA) is 33.2 Å². The third-order valence-electron chi connectivity index (χ3n) is 4.23. The maximum atomic E-state index is 11.8. The Kier molecular flexibility index (Phi) is 2.97. The Bertz CT molecular complexity index is 623. The van der Waals surface area contributed by atoms with Crippen LogP contribution in [0.4, 0.5) is 5.69 Å². The van der Waals surface area contributed by atoms with Crippen LogP contribution >= 0.6 is 0 Å². The highest BCUT2D eigenvalue weighted by molar-refractivity contribution is 5.85. The molecule has 3 nitrogen and oxygen atoms in total. The van der Waals surface area contributed by atoms with Gasteiger partial charge in [0.05, 0.1) is 17.4 Å². The number of ketones is 1. The zero-order chi connectivity index (χ0) is 13.4. The first-order chi connectivity index (χ1) is 9.16. The van der Waals surface area contributed by atoms with Crippen molar-refractivity contribution in [2.75, 3.05) is 11.4 Å². The highest BCUT2D eigenvalue weighted by Gasteiger charge is 2.30. The average molecular weight is 254 g/mol. The van der Waals surface area contributed by atoms with Gasteiger partial charge in [0.25, 0.3) is 0 Å². The lowest BCUT2D eigenvalue weighted by molar-refractivity contribution is -0.123. The Morgan fingerprint density at radius 3 is 2.89 bits per heavy atom. The highest BCUT2D eigenvalue weighted by Crippen LogP contribution is 2.28. The van der Waals surface area contributed by atoms with Gasteiger partial charge in [0, 0.05) is 30.3 Å². The number of carbonyl (C=O) groups excluding carboxylic acids is 1. The maximum absolute atomic E-state index is 11.8. The van der Waals surface area contributed by atoms with E-state index in [0.717, 1.165) is 23.1 Å². The highest BCUT2D eigenvalue weighted by atomic mass is 16.1. The number of anilines is 1. The van der Waals surface area contributed by atoms with Crippen LogP contribution in [0, 0.1) is 5.92 Å². The van der Waals surface area contributed by atoms with Crippen LogP contribution in [0.3, 0.4) is 0 Å². The molecule has 0 radical (unpaired) electrons. The second kappa shape index (κ2) is 4.65. The molecule has 19 heavy (non-hydrogen) atoms. The minimum Gasteiger partial charge on any atom is -0.366 e. The molecule has 2 heterocycles. The molecule has 3 rings (SSSR count). The van der Waals surface area contributed by atoms with Crippen LogP contribution in [-0.4, -0.2) is 23.4 Å². The smallest absolute Gasteiger partial charge is 0.139 e. The van der Waals surface area contributed by atoms with Crippen LogP contribution in [0.15, 0.2) is 36.5 Å². The number of rotatable bonds is 1. The standard InChI is InChI=1S/C16H18N2O/c1-11-12(2)18(8-7-16(11)19)14-9-13-5-3-4-6-15(13)17-10-14/h3-6,9-12H,7-8H2,1-2H3. The van der Waals surface area contributed by atoms with Crippen LogP contribution < -0.4 is 4.90 Å². The largest absolute Gasteiger partial charge is 0.366 e. The van der Waals surface area contributed by atoms with Crippen LogP contribution in [0.1, 0.15) is 20.3 Å². The fraction of sp³-hybridized carbons (Fsp3) is 0.375. The van der Waals surface area contributed by atoms with Gasteiger partial charge in [0.15, 0.2) is 0 Å². The average Bonchev–Trinajstić information content (AvgIpc) is 2.44. The van der Waals surface area contributed by atoms with E-state index in [9.17, 15) is 4.79 Å². The normalized spacial score (nSPS) is 23.9. The minimum absolute atomic E-state index is 0.0974. The predicted octanol–water partition coefficient (Wildman–Crippen LogP) is 3.04.